The first-order valence-electron chi connectivity index (χ1n) is 8.98. The van der Waals surface area contributed by atoms with E-state index in [1.165, 1.54) is 11.9 Å². The van der Waals surface area contributed by atoms with Gasteiger partial charge in [-0.05, 0) is 24.5 Å². The summed E-state index contributed by atoms with van der Waals surface area (Å²) in [4.78, 5) is 8.76. The molecule has 0 fully saturated rings. The van der Waals surface area contributed by atoms with Crippen LogP contribution in [0.3, 0.4) is 0 Å². The quantitative estimate of drug-likeness (QED) is 0.391. The zero-order chi connectivity index (χ0) is 21.7. The average Bonchev–Trinajstić information content (AvgIpc) is 2.65. The molecule has 0 atom stereocenters. The number of alkyl halides is 6. The molecule has 0 aliphatic carbocycles. The standard InChI is InChI=1S/C19H21F6N3O/c1-3-4-5-8-13-9-6-7-10-15(13)28(2)17-26-11-14(19(23,24)25)16(27-17)29-12-18(20,21)22/h6-7,9-11H,3-5,8,12H2,1-2H3. The van der Waals surface area contributed by atoms with Crippen molar-refractivity contribution in [3.05, 3.63) is 41.6 Å². The van der Waals surface area contributed by atoms with E-state index in [-0.39, 0.29) is 5.95 Å². The summed E-state index contributed by atoms with van der Waals surface area (Å²) in [6.07, 6.45) is -5.60. The number of unbranched alkanes of at least 4 members (excludes halogenated alkanes) is 2. The van der Waals surface area contributed by atoms with E-state index in [9.17, 15) is 26.3 Å². The highest BCUT2D eigenvalue weighted by atomic mass is 19.4. The van der Waals surface area contributed by atoms with E-state index in [0.29, 0.717) is 11.9 Å². The highest BCUT2D eigenvalue weighted by molar-refractivity contribution is 5.61. The molecule has 0 saturated heterocycles. The fourth-order valence-corrected chi connectivity index (χ4v) is 2.70. The van der Waals surface area contributed by atoms with E-state index >= 15 is 0 Å². The summed E-state index contributed by atoms with van der Waals surface area (Å²) in [6, 6.07) is 7.22. The molecule has 0 N–H and O–H groups in total. The van der Waals surface area contributed by atoms with Crippen LogP contribution in [0.5, 0.6) is 5.88 Å². The lowest BCUT2D eigenvalue weighted by atomic mass is 10.0. The van der Waals surface area contributed by atoms with Gasteiger partial charge in [0.2, 0.25) is 11.8 Å². The van der Waals surface area contributed by atoms with Crippen LogP contribution in [0.4, 0.5) is 38.0 Å². The van der Waals surface area contributed by atoms with Crippen LogP contribution in [0, 0.1) is 0 Å². The lowest BCUT2D eigenvalue weighted by Gasteiger charge is -2.22. The van der Waals surface area contributed by atoms with Gasteiger partial charge in [-0.3, -0.25) is 0 Å². The molecule has 0 aliphatic rings. The van der Waals surface area contributed by atoms with Crippen molar-refractivity contribution in [3.8, 4) is 5.88 Å². The van der Waals surface area contributed by atoms with E-state index in [1.54, 1.807) is 12.1 Å². The lowest BCUT2D eigenvalue weighted by molar-refractivity contribution is -0.159. The number of hydrogen-bond acceptors (Lipinski definition) is 4. The van der Waals surface area contributed by atoms with Gasteiger partial charge in [0.05, 0.1) is 0 Å². The maximum Gasteiger partial charge on any atom is 0.423 e. The van der Waals surface area contributed by atoms with Crippen molar-refractivity contribution in [2.75, 3.05) is 18.6 Å². The minimum atomic E-state index is -4.95. The molecule has 0 spiro atoms. The number of halogens is 6. The molecule has 1 aromatic carbocycles. The molecule has 0 amide bonds. The van der Waals surface area contributed by atoms with Crippen LogP contribution < -0.4 is 9.64 Å². The monoisotopic (exact) mass is 421 g/mol. The van der Waals surface area contributed by atoms with E-state index < -0.39 is 30.4 Å². The molecular weight excluding hydrogens is 400 g/mol. The highest BCUT2D eigenvalue weighted by Gasteiger charge is 2.38. The normalized spacial score (nSPS) is 12.1. The molecule has 10 heteroatoms. The number of para-hydroxylation sites is 1. The maximum atomic E-state index is 13.1. The second-order valence-corrected chi connectivity index (χ2v) is 6.44. The van der Waals surface area contributed by atoms with Gasteiger partial charge >= 0.3 is 12.4 Å². The summed E-state index contributed by atoms with van der Waals surface area (Å²) in [6.45, 7) is 0.181. The Morgan fingerprint density at radius 3 is 2.34 bits per heavy atom. The second kappa shape index (κ2) is 9.32. The third-order valence-electron chi connectivity index (χ3n) is 4.12. The molecule has 0 bridgehead atoms. The van der Waals surface area contributed by atoms with Gasteiger partial charge in [-0.2, -0.15) is 31.3 Å². The number of hydrogen-bond donors (Lipinski definition) is 0. The van der Waals surface area contributed by atoms with Crippen LogP contribution in [0.15, 0.2) is 30.5 Å². The van der Waals surface area contributed by atoms with Crippen molar-refractivity contribution in [2.45, 2.75) is 45.0 Å². The van der Waals surface area contributed by atoms with E-state index in [4.69, 9.17) is 0 Å². The van der Waals surface area contributed by atoms with Crippen molar-refractivity contribution in [2.24, 2.45) is 0 Å². The van der Waals surface area contributed by atoms with Gasteiger partial charge in [0.15, 0.2) is 6.61 Å². The summed E-state index contributed by atoms with van der Waals surface area (Å²) < 4.78 is 81.0. The summed E-state index contributed by atoms with van der Waals surface area (Å²) in [5.74, 6) is -1.35. The highest BCUT2D eigenvalue weighted by Crippen LogP contribution is 2.37. The number of aryl methyl sites for hydroxylation is 1. The molecule has 29 heavy (non-hydrogen) atoms. The Bertz CT molecular complexity index is 807. The van der Waals surface area contributed by atoms with Crippen molar-refractivity contribution in [1.29, 1.82) is 0 Å². The molecule has 0 saturated carbocycles. The smallest absolute Gasteiger partial charge is 0.423 e. The van der Waals surface area contributed by atoms with Gasteiger partial charge in [-0.25, -0.2) is 4.98 Å². The van der Waals surface area contributed by atoms with Crippen LogP contribution in [-0.2, 0) is 12.6 Å². The molecule has 160 valence electrons. The fraction of sp³-hybridized carbons (Fsp3) is 0.474. The second-order valence-electron chi connectivity index (χ2n) is 6.44. The minimum absolute atomic E-state index is 0.196. The summed E-state index contributed by atoms with van der Waals surface area (Å²) >= 11 is 0. The van der Waals surface area contributed by atoms with Crippen LogP contribution >= 0.6 is 0 Å². The first-order chi connectivity index (χ1) is 13.5. The molecule has 2 rings (SSSR count). The Labute approximate surface area is 164 Å². The predicted molar refractivity (Wildman–Crippen MR) is 96.3 cm³/mol. The topological polar surface area (TPSA) is 38.2 Å². The van der Waals surface area contributed by atoms with Gasteiger partial charge in [-0.1, -0.05) is 38.0 Å². The van der Waals surface area contributed by atoms with Gasteiger partial charge < -0.3 is 9.64 Å². The van der Waals surface area contributed by atoms with Crippen molar-refractivity contribution >= 4 is 11.6 Å². The third-order valence-corrected chi connectivity index (χ3v) is 4.12. The maximum absolute atomic E-state index is 13.1. The van der Waals surface area contributed by atoms with E-state index in [1.807, 2.05) is 12.1 Å². The summed E-state index contributed by atoms with van der Waals surface area (Å²) in [7, 11) is 1.54. The fourth-order valence-electron chi connectivity index (χ4n) is 2.70. The number of aromatic nitrogens is 2. The Morgan fingerprint density at radius 1 is 1.03 bits per heavy atom. The van der Waals surface area contributed by atoms with Crippen LogP contribution in [0.2, 0.25) is 0 Å². The van der Waals surface area contributed by atoms with Gasteiger partial charge in [0.1, 0.15) is 5.56 Å². The first-order valence-corrected chi connectivity index (χ1v) is 8.98. The first kappa shape index (κ1) is 22.8. The molecule has 0 radical (unpaired) electrons. The van der Waals surface area contributed by atoms with Gasteiger partial charge in [0.25, 0.3) is 0 Å². The average molecular weight is 421 g/mol. The molecule has 1 aromatic heterocycles. The number of ether oxygens (including phenoxy) is 1. The van der Waals surface area contributed by atoms with Crippen LogP contribution in [0.1, 0.15) is 37.3 Å². The molecule has 4 nitrogen and oxygen atoms in total. The van der Waals surface area contributed by atoms with Crippen LogP contribution in [-0.4, -0.2) is 29.8 Å². The molecule has 0 unspecified atom stereocenters. The van der Waals surface area contributed by atoms with E-state index in [2.05, 4.69) is 21.6 Å². The predicted octanol–water partition coefficient (Wildman–Crippen LogP) is 5.94. The Kier molecular flexibility index (Phi) is 7.32. The number of benzene rings is 1. The minimum Gasteiger partial charge on any atom is -0.467 e. The molecule has 2 aromatic rings. The largest absolute Gasteiger partial charge is 0.467 e. The number of rotatable bonds is 8. The van der Waals surface area contributed by atoms with Gasteiger partial charge in [-0.15, -0.1) is 0 Å². The Balaban J connectivity index is 2.37. The van der Waals surface area contributed by atoms with Crippen molar-refractivity contribution in [3.63, 3.8) is 0 Å². The zero-order valence-corrected chi connectivity index (χ0v) is 15.9. The number of nitrogens with zero attached hydrogens (tertiary/aromatic N) is 3. The third kappa shape index (κ3) is 6.50. The van der Waals surface area contributed by atoms with Crippen molar-refractivity contribution in [1.82, 2.24) is 9.97 Å². The van der Waals surface area contributed by atoms with Crippen LogP contribution in [0.25, 0.3) is 0 Å². The van der Waals surface area contributed by atoms with E-state index in [0.717, 1.165) is 31.2 Å². The van der Waals surface area contributed by atoms with Crippen molar-refractivity contribution < 1.29 is 31.1 Å². The summed E-state index contributed by atoms with van der Waals surface area (Å²) in [5, 5.41) is 0. The Morgan fingerprint density at radius 2 is 1.72 bits per heavy atom. The SMILES string of the molecule is CCCCCc1ccccc1N(C)c1ncc(C(F)(F)F)c(OCC(F)(F)F)n1. The lowest BCUT2D eigenvalue weighted by Crippen LogP contribution is -2.23. The summed E-state index contributed by atoms with van der Waals surface area (Å²) in [5.41, 5.74) is 0.130. The molecular formula is C19H21F6N3O. The zero-order valence-electron chi connectivity index (χ0n) is 15.9. The number of anilines is 2. The molecule has 0 aliphatic heterocycles. The Hall–Kier alpha value is -2.52. The van der Waals surface area contributed by atoms with Gasteiger partial charge in [0, 0.05) is 18.9 Å². The molecule has 1 heterocycles.